The summed E-state index contributed by atoms with van der Waals surface area (Å²) in [4.78, 5) is 31.9. The lowest BCUT2D eigenvalue weighted by molar-refractivity contribution is -0.114. The van der Waals surface area contributed by atoms with E-state index in [1.165, 1.54) is 6.92 Å². The zero-order valence-electron chi connectivity index (χ0n) is 15.1. The lowest BCUT2D eigenvalue weighted by atomic mass is 10.2. The van der Waals surface area contributed by atoms with Gasteiger partial charge in [-0.15, -0.1) is 0 Å². The Hall–Kier alpha value is -3.00. The Morgan fingerprint density at radius 2 is 1.92 bits per heavy atom. The van der Waals surface area contributed by atoms with Gasteiger partial charge in [-0.25, -0.2) is 9.97 Å². The molecule has 0 aliphatic heterocycles. The fraction of sp³-hybridized carbons (Fsp3) is 0.333. The number of hydrogen-bond acceptors (Lipinski definition) is 6. The van der Waals surface area contributed by atoms with Gasteiger partial charge in [-0.2, -0.15) is 0 Å². The van der Waals surface area contributed by atoms with Crippen LogP contribution in [0.4, 0.5) is 17.2 Å². The van der Waals surface area contributed by atoms with Crippen LogP contribution in [0, 0.1) is 6.92 Å². The average Bonchev–Trinajstić information content (AvgIpc) is 2.57. The van der Waals surface area contributed by atoms with Crippen molar-refractivity contribution in [2.45, 2.75) is 20.3 Å². The number of nitrogens with zero attached hydrogens (tertiary/aromatic N) is 2. The summed E-state index contributed by atoms with van der Waals surface area (Å²) < 4.78 is 4.95. The predicted molar refractivity (Wildman–Crippen MR) is 99.6 cm³/mol. The Morgan fingerprint density at radius 3 is 2.65 bits per heavy atom. The molecule has 0 saturated carbocycles. The molecule has 0 unspecified atom stereocenters. The number of aryl methyl sites for hydroxylation is 1. The molecule has 0 aliphatic rings. The maximum absolute atomic E-state index is 12.2. The van der Waals surface area contributed by atoms with Gasteiger partial charge in [-0.05, 0) is 31.5 Å². The van der Waals surface area contributed by atoms with Crippen molar-refractivity contribution in [1.82, 2.24) is 15.3 Å². The van der Waals surface area contributed by atoms with E-state index in [1.807, 2.05) is 12.1 Å². The Balaban J connectivity index is 2.09. The molecule has 8 nitrogen and oxygen atoms in total. The number of hydrogen-bond donors (Lipinski definition) is 3. The number of methoxy groups -OCH3 is 1. The van der Waals surface area contributed by atoms with E-state index in [2.05, 4.69) is 25.9 Å². The van der Waals surface area contributed by atoms with Gasteiger partial charge < -0.3 is 20.7 Å². The first kappa shape index (κ1) is 19.3. The van der Waals surface area contributed by atoms with Crippen LogP contribution in [-0.4, -0.2) is 42.0 Å². The molecule has 2 rings (SSSR count). The molecule has 3 N–H and O–H groups in total. The highest BCUT2D eigenvalue weighted by molar-refractivity contribution is 5.93. The van der Waals surface area contributed by atoms with Crippen LogP contribution in [0.2, 0.25) is 0 Å². The van der Waals surface area contributed by atoms with Gasteiger partial charge in [0.15, 0.2) is 0 Å². The highest BCUT2D eigenvalue weighted by Crippen LogP contribution is 2.19. The summed E-state index contributed by atoms with van der Waals surface area (Å²) in [5, 5.41) is 8.65. The molecular weight excluding hydrogens is 334 g/mol. The van der Waals surface area contributed by atoms with E-state index in [9.17, 15) is 9.59 Å². The van der Waals surface area contributed by atoms with E-state index in [1.54, 1.807) is 32.2 Å². The molecule has 0 aliphatic carbocycles. The topological polar surface area (TPSA) is 105 Å². The standard InChI is InChI=1S/C18H23N5O3/c1-12-20-16(18(25)19-8-5-9-26-3)11-17(21-12)23-15-7-4-6-14(10-15)22-13(2)24/h4,6-7,10-11H,5,8-9H2,1-3H3,(H,19,25)(H,22,24)(H,20,21,23). The maximum atomic E-state index is 12.2. The largest absolute Gasteiger partial charge is 0.385 e. The first-order valence-corrected chi connectivity index (χ1v) is 8.25. The molecule has 0 spiro atoms. The van der Waals surface area contributed by atoms with Crippen LogP contribution in [0.25, 0.3) is 0 Å². The molecule has 0 radical (unpaired) electrons. The van der Waals surface area contributed by atoms with Crippen molar-refractivity contribution in [3.05, 3.63) is 41.9 Å². The van der Waals surface area contributed by atoms with Crippen molar-refractivity contribution in [1.29, 1.82) is 0 Å². The number of rotatable bonds is 8. The molecule has 0 saturated heterocycles. The van der Waals surface area contributed by atoms with Crippen LogP contribution in [0.1, 0.15) is 29.7 Å². The zero-order valence-corrected chi connectivity index (χ0v) is 15.1. The number of amides is 2. The molecule has 0 fully saturated rings. The molecule has 8 heteroatoms. The van der Waals surface area contributed by atoms with Crippen molar-refractivity contribution in [3.63, 3.8) is 0 Å². The third-order valence-corrected chi connectivity index (χ3v) is 3.34. The van der Waals surface area contributed by atoms with E-state index in [4.69, 9.17) is 4.74 Å². The quantitative estimate of drug-likeness (QED) is 0.626. The van der Waals surface area contributed by atoms with Crippen LogP contribution in [0.15, 0.2) is 30.3 Å². The lowest BCUT2D eigenvalue weighted by Crippen LogP contribution is -2.26. The minimum Gasteiger partial charge on any atom is -0.385 e. The number of carbonyl (C=O) groups excluding carboxylic acids is 2. The SMILES string of the molecule is COCCCNC(=O)c1cc(Nc2cccc(NC(C)=O)c2)nc(C)n1. The third kappa shape index (κ3) is 6.14. The smallest absolute Gasteiger partial charge is 0.270 e. The summed E-state index contributed by atoms with van der Waals surface area (Å²) in [5.74, 6) is 0.573. The molecule has 0 bridgehead atoms. The van der Waals surface area contributed by atoms with E-state index >= 15 is 0 Å². The van der Waals surface area contributed by atoms with Crippen LogP contribution < -0.4 is 16.0 Å². The van der Waals surface area contributed by atoms with Crippen molar-refractivity contribution in [2.75, 3.05) is 30.9 Å². The second-order valence-corrected chi connectivity index (χ2v) is 5.67. The lowest BCUT2D eigenvalue weighted by Gasteiger charge is -2.10. The van der Waals surface area contributed by atoms with Crippen LogP contribution >= 0.6 is 0 Å². The van der Waals surface area contributed by atoms with Gasteiger partial charge in [-0.3, -0.25) is 9.59 Å². The number of aromatic nitrogens is 2. The van der Waals surface area contributed by atoms with E-state index < -0.39 is 0 Å². The highest BCUT2D eigenvalue weighted by atomic mass is 16.5. The van der Waals surface area contributed by atoms with Gasteiger partial charge in [0, 0.05) is 44.6 Å². The Labute approximate surface area is 152 Å². The molecule has 1 aromatic heterocycles. The number of carbonyl (C=O) groups is 2. The van der Waals surface area contributed by atoms with E-state index in [-0.39, 0.29) is 17.5 Å². The van der Waals surface area contributed by atoms with Gasteiger partial charge in [0.05, 0.1) is 0 Å². The molecule has 1 heterocycles. The predicted octanol–water partition coefficient (Wildman–Crippen LogP) is 2.25. The molecule has 2 aromatic rings. The highest BCUT2D eigenvalue weighted by Gasteiger charge is 2.10. The fourth-order valence-corrected chi connectivity index (χ4v) is 2.28. The van der Waals surface area contributed by atoms with Crippen molar-refractivity contribution >= 4 is 29.0 Å². The molecule has 0 atom stereocenters. The minimum absolute atomic E-state index is 0.146. The Morgan fingerprint density at radius 1 is 1.15 bits per heavy atom. The van der Waals surface area contributed by atoms with Crippen molar-refractivity contribution in [2.24, 2.45) is 0 Å². The van der Waals surface area contributed by atoms with Crippen LogP contribution in [0.3, 0.4) is 0 Å². The zero-order chi connectivity index (χ0) is 18.9. The second kappa shape index (κ2) is 9.47. The van der Waals surface area contributed by atoms with Crippen LogP contribution in [0.5, 0.6) is 0 Å². The molecule has 1 aromatic carbocycles. The number of anilines is 3. The van der Waals surface area contributed by atoms with Gasteiger partial charge in [0.1, 0.15) is 17.3 Å². The summed E-state index contributed by atoms with van der Waals surface area (Å²) in [7, 11) is 1.62. The van der Waals surface area contributed by atoms with Gasteiger partial charge in [-0.1, -0.05) is 6.07 Å². The first-order valence-electron chi connectivity index (χ1n) is 8.25. The van der Waals surface area contributed by atoms with E-state index in [0.717, 1.165) is 12.1 Å². The molecular formula is C18H23N5O3. The number of ether oxygens (including phenoxy) is 1. The van der Waals surface area contributed by atoms with Crippen molar-refractivity contribution in [3.8, 4) is 0 Å². The molecule has 2 amide bonds. The summed E-state index contributed by atoms with van der Waals surface area (Å²) in [6.07, 6.45) is 0.730. The van der Waals surface area contributed by atoms with E-state index in [0.29, 0.717) is 30.5 Å². The minimum atomic E-state index is -0.262. The van der Waals surface area contributed by atoms with Crippen molar-refractivity contribution < 1.29 is 14.3 Å². The summed E-state index contributed by atoms with van der Waals surface area (Å²) in [6.45, 7) is 4.27. The summed E-state index contributed by atoms with van der Waals surface area (Å²) in [6, 6.07) is 8.81. The monoisotopic (exact) mass is 357 g/mol. The number of nitrogens with one attached hydrogen (secondary N) is 3. The van der Waals surface area contributed by atoms with Gasteiger partial charge in [0.25, 0.3) is 5.91 Å². The van der Waals surface area contributed by atoms with Gasteiger partial charge >= 0.3 is 0 Å². The summed E-state index contributed by atoms with van der Waals surface area (Å²) in [5.41, 5.74) is 1.70. The normalized spacial score (nSPS) is 10.3. The Bertz CT molecular complexity index is 779. The summed E-state index contributed by atoms with van der Waals surface area (Å²) >= 11 is 0. The third-order valence-electron chi connectivity index (χ3n) is 3.34. The maximum Gasteiger partial charge on any atom is 0.270 e. The van der Waals surface area contributed by atoms with Crippen LogP contribution in [-0.2, 0) is 9.53 Å². The second-order valence-electron chi connectivity index (χ2n) is 5.67. The molecule has 26 heavy (non-hydrogen) atoms. The first-order chi connectivity index (χ1) is 12.5. The van der Waals surface area contributed by atoms with Gasteiger partial charge in [0.2, 0.25) is 5.91 Å². The fourth-order valence-electron chi connectivity index (χ4n) is 2.28. The Kier molecular flexibility index (Phi) is 7.04. The molecule has 138 valence electrons. The number of benzene rings is 1. The average molecular weight is 357 g/mol.